The predicted molar refractivity (Wildman–Crippen MR) is 217 cm³/mol. The number of fused-ring (bicyclic) bond motifs is 3. The van der Waals surface area contributed by atoms with Crippen molar-refractivity contribution >= 4 is 29.0 Å². The van der Waals surface area contributed by atoms with Gasteiger partial charge in [-0.2, -0.15) is 113 Å². The maximum atomic E-state index is 3.48. The van der Waals surface area contributed by atoms with Gasteiger partial charge in [0.2, 0.25) is 0 Å². The number of rotatable bonds is 1. The zero-order chi connectivity index (χ0) is 35.3. The summed E-state index contributed by atoms with van der Waals surface area (Å²) in [5, 5.41) is 0. The van der Waals surface area contributed by atoms with Crippen LogP contribution in [0.15, 0.2) is 108 Å². The second-order valence-corrected chi connectivity index (χ2v) is 15.1. The predicted octanol–water partition coefficient (Wildman–Crippen LogP) is 13.2. The van der Waals surface area contributed by atoms with Crippen molar-refractivity contribution < 1.29 is 24.2 Å². The van der Waals surface area contributed by atoms with E-state index in [2.05, 4.69) is 171 Å². The Bertz CT molecular complexity index is 1470. The van der Waals surface area contributed by atoms with E-state index in [1.165, 1.54) is 68.8 Å². The third-order valence-electron chi connectivity index (χ3n) is 8.09. The molecule has 0 spiro atoms. The van der Waals surface area contributed by atoms with Crippen molar-refractivity contribution in [1.82, 2.24) is 0 Å². The Morgan fingerprint density at radius 2 is 1.12 bits per heavy atom. The van der Waals surface area contributed by atoms with Crippen LogP contribution >= 0.6 is 24.8 Å². The normalized spacial score (nSPS) is 13.9. The minimum atomic E-state index is 0. The monoisotopic (exact) mass is 770 g/mol. The Labute approximate surface area is 328 Å². The van der Waals surface area contributed by atoms with Crippen molar-refractivity contribution in [2.45, 2.75) is 99.8 Å². The molecular formula is C46H58Cl2Zr-4. The van der Waals surface area contributed by atoms with E-state index in [-0.39, 0.29) is 35.6 Å². The van der Waals surface area contributed by atoms with E-state index in [0.717, 1.165) is 12.8 Å². The average molecular weight is 773 g/mol. The molecule has 0 nitrogen and oxygen atoms in total. The number of allylic oxidation sites excluding steroid dienone is 4. The third kappa shape index (κ3) is 15.2. The van der Waals surface area contributed by atoms with Crippen LogP contribution in [0, 0.1) is 35.6 Å². The first-order valence-corrected chi connectivity index (χ1v) is 18.6. The molecule has 0 saturated carbocycles. The Morgan fingerprint density at radius 1 is 0.653 bits per heavy atom. The summed E-state index contributed by atoms with van der Waals surface area (Å²) in [6.07, 6.45) is 8.00. The van der Waals surface area contributed by atoms with Gasteiger partial charge in [-0.25, -0.2) is 5.57 Å². The summed E-state index contributed by atoms with van der Waals surface area (Å²) >= 11 is 1.30. The van der Waals surface area contributed by atoms with E-state index in [1.807, 2.05) is 30.3 Å². The first kappa shape index (κ1) is 46.7. The fourth-order valence-electron chi connectivity index (χ4n) is 5.51. The van der Waals surface area contributed by atoms with Crippen LogP contribution in [0.5, 0.6) is 0 Å². The van der Waals surface area contributed by atoms with E-state index in [9.17, 15) is 0 Å². The van der Waals surface area contributed by atoms with Crippen LogP contribution in [0.25, 0.3) is 11.1 Å². The minimum absolute atomic E-state index is 0. The first-order valence-electron chi connectivity index (χ1n) is 16.8. The van der Waals surface area contributed by atoms with E-state index >= 15 is 0 Å². The van der Waals surface area contributed by atoms with Gasteiger partial charge in [0, 0.05) is 0 Å². The molecule has 0 bridgehead atoms. The molecule has 6 rings (SSSR count). The minimum Gasteiger partial charge on any atom is -0.179 e. The van der Waals surface area contributed by atoms with E-state index in [1.54, 1.807) is 0 Å². The van der Waals surface area contributed by atoms with Crippen LogP contribution in [-0.2, 0) is 41.5 Å². The molecule has 2 aliphatic carbocycles. The van der Waals surface area contributed by atoms with Gasteiger partial charge >= 0.3 is 28.4 Å². The van der Waals surface area contributed by atoms with Gasteiger partial charge in [0.25, 0.3) is 0 Å². The van der Waals surface area contributed by atoms with Crippen LogP contribution in [-0.4, -0.2) is 4.21 Å². The maximum Gasteiger partial charge on any atom is -0.0253 e. The zero-order valence-corrected chi connectivity index (χ0v) is 35.8. The summed E-state index contributed by atoms with van der Waals surface area (Å²) < 4.78 is 3.34. The third-order valence-corrected chi connectivity index (χ3v) is 8.09. The molecule has 0 aliphatic heterocycles. The fourth-order valence-corrected chi connectivity index (χ4v) is 5.51. The molecular weight excluding hydrogens is 715 g/mol. The molecule has 0 aromatic heterocycles. The van der Waals surface area contributed by atoms with Crippen LogP contribution < -0.4 is 0 Å². The summed E-state index contributed by atoms with van der Waals surface area (Å²) in [4.78, 5) is 0. The second kappa shape index (κ2) is 21.8. The molecule has 4 aromatic carbocycles. The van der Waals surface area contributed by atoms with Gasteiger partial charge in [0.15, 0.2) is 0 Å². The molecule has 0 amide bonds. The molecule has 1 atom stereocenters. The van der Waals surface area contributed by atoms with Crippen LogP contribution in [0.3, 0.4) is 0 Å². The zero-order valence-electron chi connectivity index (χ0n) is 31.8. The molecule has 0 fully saturated rings. The maximum absolute atomic E-state index is 3.48. The Hall–Kier alpha value is -2.31. The number of halogens is 2. The first-order chi connectivity index (χ1) is 22.1. The van der Waals surface area contributed by atoms with Crippen molar-refractivity contribution in [3.8, 4) is 11.1 Å². The van der Waals surface area contributed by atoms with E-state index < -0.39 is 0 Å². The molecule has 0 radical (unpaired) electrons. The molecule has 3 heteroatoms. The molecule has 49 heavy (non-hydrogen) atoms. The largest absolute Gasteiger partial charge is 0.179 e. The molecule has 1 unspecified atom stereocenters. The molecule has 4 aromatic rings. The van der Waals surface area contributed by atoms with Gasteiger partial charge in [-0.1, -0.05) is 129 Å². The molecule has 264 valence electrons. The number of hydrogen-bond acceptors (Lipinski definition) is 0. The van der Waals surface area contributed by atoms with Crippen molar-refractivity contribution in [1.29, 1.82) is 0 Å². The van der Waals surface area contributed by atoms with Crippen LogP contribution in [0.1, 0.15) is 105 Å². The smallest absolute Gasteiger partial charge is 0.0253 e. The van der Waals surface area contributed by atoms with Gasteiger partial charge in [-0.05, 0) is 17.3 Å². The van der Waals surface area contributed by atoms with E-state index in [0.29, 0.717) is 11.3 Å². The van der Waals surface area contributed by atoms with Gasteiger partial charge < -0.3 is 0 Å². The summed E-state index contributed by atoms with van der Waals surface area (Å²) in [6.45, 7) is 24.5. The van der Waals surface area contributed by atoms with Crippen molar-refractivity contribution in [3.05, 3.63) is 155 Å². The van der Waals surface area contributed by atoms with E-state index in [4.69, 9.17) is 0 Å². The summed E-state index contributed by atoms with van der Waals surface area (Å²) in [5.41, 5.74) is 12.0. The van der Waals surface area contributed by atoms with Gasteiger partial charge in [0.1, 0.15) is 0 Å². The molecule has 0 saturated heterocycles. The number of benzene rings is 4. The van der Waals surface area contributed by atoms with Crippen molar-refractivity contribution in [2.24, 2.45) is 11.3 Å². The summed E-state index contributed by atoms with van der Waals surface area (Å²) in [7, 11) is 0. The molecule has 0 heterocycles. The quantitative estimate of drug-likeness (QED) is 0.149. The Balaban J connectivity index is 0.000000612. The topological polar surface area (TPSA) is 0 Å². The number of hydrogen-bond donors (Lipinski definition) is 0. The standard InChI is InChI=1S/C13H9.C12H19.2C10H13.CH2.2ClH.Zr/c1-3-7-12-10(5-1)9-11-6-2-4-8-13(11)12;1-6-10-7-9(2)8-11(10)12(3,4)5;2*1-10(2,3)9-7-5-4-6-8-9;;;;/h1-5,7-8H,9H2;8-9H,6H2,1-5H3;2*5-8H,1-3H3;1H2;2*1H;/q4*-1;;;;. The SMILES string of the molecule is CC(C)(C)c1cc[c-]cc1.CC(C)(C)c1cc[c-]cc1.CCC1=[C-]C(C)C=C1C(C)(C)C.Cl.Cl.[CH2]=[Zr].[c-]1cccc2c1Cc1ccccc1-2. The van der Waals surface area contributed by atoms with Gasteiger partial charge in [0.05, 0.1) is 0 Å². The Kier molecular flexibility index (Phi) is 20.8. The van der Waals surface area contributed by atoms with Crippen LogP contribution in [0.2, 0.25) is 0 Å². The summed E-state index contributed by atoms with van der Waals surface area (Å²) in [6, 6.07) is 40.4. The summed E-state index contributed by atoms with van der Waals surface area (Å²) in [5.74, 6) is 0.522. The van der Waals surface area contributed by atoms with Gasteiger partial charge in [-0.15, -0.1) is 30.4 Å². The van der Waals surface area contributed by atoms with Crippen molar-refractivity contribution in [2.75, 3.05) is 0 Å². The Morgan fingerprint density at radius 3 is 1.53 bits per heavy atom. The second-order valence-electron chi connectivity index (χ2n) is 15.1. The molecule has 0 N–H and O–H groups in total. The van der Waals surface area contributed by atoms with Crippen LogP contribution in [0.4, 0.5) is 0 Å². The average Bonchev–Trinajstić information content (AvgIpc) is 3.63. The molecule has 2 aliphatic rings. The fraction of sp³-hybridized carbons (Fsp3) is 0.370. The van der Waals surface area contributed by atoms with Crippen molar-refractivity contribution in [3.63, 3.8) is 0 Å². The van der Waals surface area contributed by atoms with Gasteiger partial charge in [-0.3, -0.25) is 6.08 Å².